The maximum absolute atomic E-state index is 13.7. The molecule has 0 amide bonds. The minimum Gasteiger partial charge on any atom is -0.406 e. The van der Waals surface area contributed by atoms with Gasteiger partial charge < -0.3 is 4.74 Å². The summed E-state index contributed by atoms with van der Waals surface area (Å²) in [6, 6.07) is 9.94. The van der Waals surface area contributed by atoms with Crippen molar-refractivity contribution in [3.05, 3.63) is 65.2 Å². The average molecular weight is 572 g/mol. The number of carbonyl (C=O) groups excluding carboxylic acids is 2. The van der Waals surface area contributed by atoms with Gasteiger partial charge in [0.2, 0.25) is 5.13 Å². The van der Waals surface area contributed by atoms with Crippen molar-refractivity contribution in [1.29, 1.82) is 0 Å². The number of aryl methyl sites for hydroxylation is 1. The number of aromatic nitrogens is 3. The SMILES string of the molecule is Cc1nn(-c2nc(-c3cc(OC(F)(F)F)ccc3Cl)c(SC(C)C)s2)cc1-c1cccc(F)c1.O=C=O. The molecule has 13 heteroatoms. The lowest BCUT2D eigenvalue weighted by Crippen LogP contribution is -2.17. The van der Waals surface area contributed by atoms with Gasteiger partial charge in [0.05, 0.1) is 20.6 Å². The molecular formula is C24H18ClF4N3O3S2. The Hall–Kier alpha value is -3.18. The summed E-state index contributed by atoms with van der Waals surface area (Å²) in [6.07, 6.45) is -2.82. The Morgan fingerprint density at radius 2 is 1.84 bits per heavy atom. The fourth-order valence-corrected chi connectivity index (χ4v) is 5.88. The highest BCUT2D eigenvalue weighted by atomic mass is 35.5. The van der Waals surface area contributed by atoms with Gasteiger partial charge in [0, 0.05) is 22.6 Å². The van der Waals surface area contributed by atoms with Crippen LogP contribution in [-0.2, 0) is 9.59 Å². The van der Waals surface area contributed by atoms with Crippen molar-refractivity contribution in [1.82, 2.24) is 14.8 Å². The van der Waals surface area contributed by atoms with Crippen LogP contribution in [0.25, 0.3) is 27.5 Å². The van der Waals surface area contributed by atoms with Crippen LogP contribution in [0.4, 0.5) is 17.6 Å². The number of rotatable bonds is 6. The Kier molecular flexibility index (Phi) is 9.14. The summed E-state index contributed by atoms with van der Waals surface area (Å²) in [5, 5.41) is 5.46. The number of halogens is 5. The molecule has 0 saturated carbocycles. The number of nitrogens with zero attached hydrogens (tertiary/aromatic N) is 3. The molecule has 0 aliphatic heterocycles. The van der Waals surface area contributed by atoms with Crippen molar-refractivity contribution >= 4 is 40.9 Å². The lowest BCUT2D eigenvalue weighted by Gasteiger charge is -2.11. The lowest BCUT2D eigenvalue weighted by molar-refractivity contribution is -0.274. The molecule has 0 unspecified atom stereocenters. The summed E-state index contributed by atoms with van der Waals surface area (Å²) < 4.78 is 58.4. The van der Waals surface area contributed by atoms with Gasteiger partial charge in [-0.3, -0.25) is 0 Å². The van der Waals surface area contributed by atoms with Crippen molar-refractivity contribution in [3.63, 3.8) is 0 Å². The predicted octanol–water partition coefficient (Wildman–Crippen LogP) is 7.58. The van der Waals surface area contributed by atoms with Crippen molar-refractivity contribution in [3.8, 4) is 33.3 Å². The van der Waals surface area contributed by atoms with Crippen LogP contribution in [-0.4, -0.2) is 32.5 Å². The normalized spacial score (nSPS) is 11.2. The summed E-state index contributed by atoms with van der Waals surface area (Å²) in [4.78, 5) is 20.9. The maximum Gasteiger partial charge on any atom is 0.573 e. The molecule has 0 saturated heterocycles. The fourth-order valence-electron chi connectivity index (χ4n) is 3.24. The van der Waals surface area contributed by atoms with Crippen LogP contribution in [0.3, 0.4) is 0 Å². The number of hydrogen-bond donors (Lipinski definition) is 0. The van der Waals surface area contributed by atoms with E-state index in [0.717, 1.165) is 15.8 Å². The third-order valence-electron chi connectivity index (χ3n) is 4.58. The second kappa shape index (κ2) is 11.9. The highest BCUT2D eigenvalue weighted by molar-refractivity contribution is 8.01. The lowest BCUT2D eigenvalue weighted by atomic mass is 10.1. The van der Waals surface area contributed by atoms with Gasteiger partial charge in [0.25, 0.3) is 0 Å². The molecule has 6 nitrogen and oxygen atoms in total. The zero-order valence-corrected chi connectivity index (χ0v) is 21.9. The molecule has 0 N–H and O–H groups in total. The first kappa shape index (κ1) is 28.4. The largest absolute Gasteiger partial charge is 0.573 e. The molecule has 194 valence electrons. The Morgan fingerprint density at radius 3 is 2.46 bits per heavy atom. The van der Waals surface area contributed by atoms with Crippen molar-refractivity contribution < 1.29 is 31.9 Å². The number of hydrogen-bond acceptors (Lipinski definition) is 7. The Morgan fingerprint density at radius 1 is 1.14 bits per heavy atom. The minimum atomic E-state index is -4.83. The second-order valence-corrected chi connectivity index (χ2v) is 10.9. The van der Waals surface area contributed by atoms with Crippen LogP contribution in [0, 0.1) is 12.7 Å². The van der Waals surface area contributed by atoms with Gasteiger partial charge in [-0.25, -0.2) is 14.1 Å². The van der Waals surface area contributed by atoms with Gasteiger partial charge in [-0.1, -0.05) is 48.9 Å². The Labute approximate surface area is 222 Å². The number of thioether (sulfide) groups is 1. The van der Waals surface area contributed by atoms with Crippen molar-refractivity contribution in [2.24, 2.45) is 0 Å². The van der Waals surface area contributed by atoms with Crippen LogP contribution in [0.2, 0.25) is 5.02 Å². The van der Waals surface area contributed by atoms with Gasteiger partial charge in [0.1, 0.15) is 11.6 Å². The molecule has 4 rings (SSSR count). The smallest absolute Gasteiger partial charge is 0.406 e. The fraction of sp³-hybridized carbons (Fsp3) is 0.208. The average Bonchev–Trinajstić information content (AvgIpc) is 3.38. The molecule has 0 aliphatic carbocycles. The number of alkyl halides is 3. The van der Waals surface area contributed by atoms with Gasteiger partial charge >= 0.3 is 12.5 Å². The van der Waals surface area contributed by atoms with Gasteiger partial charge in [0.15, 0.2) is 0 Å². The second-order valence-electron chi connectivity index (χ2n) is 7.66. The van der Waals surface area contributed by atoms with Crippen LogP contribution >= 0.6 is 34.7 Å². The minimum absolute atomic E-state index is 0.183. The summed E-state index contributed by atoms with van der Waals surface area (Å²) in [6.45, 7) is 5.81. The van der Waals surface area contributed by atoms with E-state index in [0.29, 0.717) is 27.6 Å². The molecule has 0 fully saturated rings. The highest BCUT2D eigenvalue weighted by Gasteiger charge is 2.31. The van der Waals surface area contributed by atoms with Gasteiger partial charge in [-0.2, -0.15) is 14.7 Å². The molecule has 4 aromatic rings. The summed E-state index contributed by atoms with van der Waals surface area (Å²) in [5.41, 5.74) is 2.87. The maximum atomic E-state index is 13.7. The molecule has 2 aromatic carbocycles. The van der Waals surface area contributed by atoms with Crippen LogP contribution in [0.5, 0.6) is 5.75 Å². The van der Waals surface area contributed by atoms with Crippen molar-refractivity contribution in [2.75, 3.05) is 0 Å². The van der Waals surface area contributed by atoms with E-state index >= 15 is 0 Å². The highest BCUT2D eigenvalue weighted by Crippen LogP contribution is 2.43. The first-order valence-electron chi connectivity index (χ1n) is 10.5. The predicted molar refractivity (Wildman–Crippen MR) is 132 cm³/mol. The van der Waals surface area contributed by atoms with Gasteiger partial charge in [-0.15, -0.1) is 24.9 Å². The number of benzene rings is 2. The zero-order valence-electron chi connectivity index (χ0n) is 19.5. The van der Waals surface area contributed by atoms with E-state index in [9.17, 15) is 17.6 Å². The third kappa shape index (κ3) is 7.42. The van der Waals surface area contributed by atoms with E-state index in [1.54, 1.807) is 23.0 Å². The molecule has 0 atom stereocenters. The topological polar surface area (TPSA) is 74.1 Å². The first-order valence-corrected chi connectivity index (χ1v) is 12.5. The molecule has 0 radical (unpaired) electrons. The molecule has 2 heterocycles. The number of thiazole rings is 1. The summed E-state index contributed by atoms with van der Waals surface area (Å²) in [7, 11) is 0. The van der Waals surface area contributed by atoms with E-state index in [4.69, 9.17) is 21.2 Å². The van der Waals surface area contributed by atoms with Crippen LogP contribution in [0.15, 0.2) is 52.9 Å². The van der Waals surface area contributed by atoms with E-state index in [1.165, 1.54) is 47.4 Å². The Balaban J connectivity index is 0.00000121. The summed E-state index contributed by atoms with van der Waals surface area (Å²) in [5.74, 6) is -0.738. The monoisotopic (exact) mass is 571 g/mol. The molecule has 0 bridgehead atoms. The standard InChI is InChI=1S/C23H18ClF4N3OS2.CO2/c1-12(2)33-21-20(17-10-16(7-8-19(17)24)32-23(26,27)28)29-22(34-21)31-11-18(13(3)30-31)14-5-4-6-15(25)9-14;2-1-3/h4-12H,1-3H3;. The Bertz CT molecular complexity index is 1430. The third-order valence-corrected chi connectivity index (χ3v) is 7.17. The molecule has 37 heavy (non-hydrogen) atoms. The molecule has 0 aliphatic rings. The first-order chi connectivity index (χ1) is 17.4. The number of ether oxygens (including phenoxy) is 1. The van der Waals surface area contributed by atoms with E-state index in [2.05, 4.69) is 14.8 Å². The summed E-state index contributed by atoms with van der Waals surface area (Å²) >= 11 is 9.21. The van der Waals surface area contributed by atoms with Gasteiger partial charge in [-0.05, 0) is 42.8 Å². The molecular weight excluding hydrogens is 554 g/mol. The van der Waals surface area contributed by atoms with Crippen molar-refractivity contribution in [2.45, 2.75) is 36.6 Å². The van der Waals surface area contributed by atoms with E-state index < -0.39 is 6.36 Å². The van der Waals surface area contributed by atoms with Crippen LogP contribution < -0.4 is 4.74 Å². The molecule has 2 aromatic heterocycles. The van der Waals surface area contributed by atoms with E-state index in [1.807, 2.05) is 20.8 Å². The van der Waals surface area contributed by atoms with E-state index in [-0.39, 0.29) is 28.0 Å². The zero-order chi connectivity index (χ0) is 27.3. The quantitative estimate of drug-likeness (QED) is 0.175. The van der Waals surface area contributed by atoms with Crippen LogP contribution in [0.1, 0.15) is 19.5 Å². The molecule has 0 spiro atoms.